The Labute approximate surface area is 93.9 Å². The number of nitriles is 1. The Balaban J connectivity index is 3.83. The fraction of sp³-hybridized carbons (Fsp3) is 0.909. The second kappa shape index (κ2) is 6.78. The number of hydrogen-bond donors (Lipinski definition) is 1. The summed E-state index contributed by atoms with van der Waals surface area (Å²) in [5.74, 6) is 0. The molecule has 1 atom stereocenters. The SMILES string of the molecule is CNC(C)(C#N)CN(C)CCCN(C)C. The zero-order valence-electron chi connectivity index (χ0n) is 10.7. The van der Waals surface area contributed by atoms with Gasteiger partial charge in [-0.05, 0) is 54.6 Å². The highest BCUT2D eigenvalue weighted by Gasteiger charge is 2.22. The van der Waals surface area contributed by atoms with Crippen molar-refractivity contribution in [1.29, 1.82) is 5.26 Å². The van der Waals surface area contributed by atoms with Crippen LogP contribution in [0.1, 0.15) is 13.3 Å². The van der Waals surface area contributed by atoms with E-state index >= 15 is 0 Å². The highest BCUT2D eigenvalue weighted by molar-refractivity contribution is 5.04. The Kier molecular flexibility index (Phi) is 6.50. The van der Waals surface area contributed by atoms with Crippen LogP contribution in [0.2, 0.25) is 0 Å². The van der Waals surface area contributed by atoms with Crippen LogP contribution in [0.25, 0.3) is 0 Å². The van der Waals surface area contributed by atoms with Gasteiger partial charge in [0, 0.05) is 6.54 Å². The summed E-state index contributed by atoms with van der Waals surface area (Å²) < 4.78 is 0. The van der Waals surface area contributed by atoms with E-state index < -0.39 is 5.54 Å². The standard InChI is InChI=1S/C11H24N4/c1-11(9-12,13-2)10-15(5)8-6-7-14(3)4/h13H,6-8,10H2,1-5H3. The maximum atomic E-state index is 9.00. The lowest BCUT2D eigenvalue weighted by atomic mass is 10.0. The predicted molar refractivity (Wildman–Crippen MR) is 63.7 cm³/mol. The molecule has 0 aromatic heterocycles. The van der Waals surface area contributed by atoms with Gasteiger partial charge >= 0.3 is 0 Å². The molecule has 4 nitrogen and oxygen atoms in total. The highest BCUT2D eigenvalue weighted by atomic mass is 15.1. The van der Waals surface area contributed by atoms with E-state index in [1.807, 2.05) is 14.0 Å². The van der Waals surface area contributed by atoms with Crippen LogP contribution in [0.15, 0.2) is 0 Å². The van der Waals surface area contributed by atoms with Gasteiger partial charge in [0.2, 0.25) is 0 Å². The van der Waals surface area contributed by atoms with Gasteiger partial charge in [-0.1, -0.05) is 0 Å². The summed E-state index contributed by atoms with van der Waals surface area (Å²) in [5, 5.41) is 12.0. The molecular formula is C11H24N4. The van der Waals surface area contributed by atoms with Crippen molar-refractivity contribution in [3.8, 4) is 6.07 Å². The molecule has 0 bridgehead atoms. The van der Waals surface area contributed by atoms with Crippen LogP contribution < -0.4 is 5.32 Å². The highest BCUT2D eigenvalue weighted by Crippen LogP contribution is 2.03. The normalized spacial score (nSPS) is 15.3. The summed E-state index contributed by atoms with van der Waals surface area (Å²) in [5.41, 5.74) is -0.438. The predicted octanol–water partition coefficient (Wildman–Crippen LogP) is 0.372. The van der Waals surface area contributed by atoms with Gasteiger partial charge in [0.15, 0.2) is 0 Å². The van der Waals surface area contributed by atoms with Crippen LogP contribution in [-0.2, 0) is 0 Å². The minimum Gasteiger partial charge on any atom is -0.309 e. The molecule has 0 saturated heterocycles. The third kappa shape index (κ3) is 6.45. The molecule has 88 valence electrons. The minimum absolute atomic E-state index is 0.438. The van der Waals surface area contributed by atoms with Crippen molar-refractivity contribution in [2.75, 3.05) is 47.8 Å². The second-order valence-electron chi connectivity index (χ2n) is 4.59. The molecule has 1 N–H and O–H groups in total. The second-order valence-corrected chi connectivity index (χ2v) is 4.59. The van der Waals surface area contributed by atoms with Crippen molar-refractivity contribution in [3.05, 3.63) is 0 Å². The Hall–Kier alpha value is -0.630. The molecule has 0 fully saturated rings. The average Bonchev–Trinajstić information content (AvgIpc) is 2.17. The van der Waals surface area contributed by atoms with E-state index in [0.29, 0.717) is 0 Å². The van der Waals surface area contributed by atoms with Crippen molar-refractivity contribution < 1.29 is 0 Å². The molecule has 0 aromatic carbocycles. The van der Waals surface area contributed by atoms with Gasteiger partial charge < -0.3 is 15.1 Å². The van der Waals surface area contributed by atoms with E-state index in [1.165, 1.54) is 0 Å². The molecular weight excluding hydrogens is 188 g/mol. The van der Waals surface area contributed by atoms with Gasteiger partial charge in [0.05, 0.1) is 6.07 Å². The molecule has 0 spiro atoms. The quantitative estimate of drug-likeness (QED) is 0.662. The van der Waals surface area contributed by atoms with Crippen LogP contribution >= 0.6 is 0 Å². The van der Waals surface area contributed by atoms with Crippen LogP contribution in [0.4, 0.5) is 0 Å². The molecule has 0 amide bonds. The maximum Gasteiger partial charge on any atom is 0.116 e. The Morgan fingerprint density at radius 1 is 1.27 bits per heavy atom. The largest absolute Gasteiger partial charge is 0.309 e. The first-order valence-corrected chi connectivity index (χ1v) is 5.37. The third-order valence-corrected chi connectivity index (χ3v) is 2.53. The Bertz CT molecular complexity index is 209. The van der Waals surface area contributed by atoms with Gasteiger partial charge in [-0.15, -0.1) is 0 Å². The minimum atomic E-state index is -0.438. The van der Waals surface area contributed by atoms with Crippen LogP contribution in [0.3, 0.4) is 0 Å². The van der Waals surface area contributed by atoms with Gasteiger partial charge in [0.1, 0.15) is 5.54 Å². The fourth-order valence-electron chi connectivity index (χ4n) is 1.45. The van der Waals surface area contributed by atoms with E-state index in [4.69, 9.17) is 5.26 Å². The summed E-state index contributed by atoms with van der Waals surface area (Å²) in [4.78, 5) is 4.37. The third-order valence-electron chi connectivity index (χ3n) is 2.53. The molecule has 0 aliphatic carbocycles. The number of hydrogen-bond acceptors (Lipinski definition) is 4. The molecule has 1 unspecified atom stereocenters. The zero-order chi connectivity index (χ0) is 11.9. The summed E-state index contributed by atoms with van der Waals surface area (Å²) in [6.07, 6.45) is 1.13. The maximum absolute atomic E-state index is 9.00. The first-order chi connectivity index (χ1) is 6.93. The van der Waals surface area contributed by atoms with Crippen LogP contribution in [0, 0.1) is 11.3 Å². The van der Waals surface area contributed by atoms with Crippen LogP contribution in [-0.4, -0.2) is 63.2 Å². The lowest BCUT2D eigenvalue weighted by Crippen LogP contribution is -2.48. The monoisotopic (exact) mass is 212 g/mol. The molecule has 0 saturated carbocycles. The summed E-state index contributed by atoms with van der Waals surface area (Å²) in [6, 6.07) is 2.30. The summed E-state index contributed by atoms with van der Waals surface area (Å²) in [6.45, 7) is 4.80. The number of rotatable bonds is 7. The molecule has 0 rings (SSSR count). The molecule has 0 radical (unpaired) electrons. The number of likely N-dealkylation sites (N-methyl/N-ethyl adjacent to an activating group) is 2. The van der Waals surface area contributed by atoms with E-state index in [1.54, 1.807) is 0 Å². The van der Waals surface area contributed by atoms with E-state index in [9.17, 15) is 0 Å². The van der Waals surface area contributed by atoms with Crippen molar-refractivity contribution in [3.63, 3.8) is 0 Å². The average molecular weight is 212 g/mol. The summed E-state index contributed by atoms with van der Waals surface area (Å²) >= 11 is 0. The zero-order valence-corrected chi connectivity index (χ0v) is 10.7. The molecule has 15 heavy (non-hydrogen) atoms. The first kappa shape index (κ1) is 14.4. The lowest BCUT2D eigenvalue weighted by Gasteiger charge is -2.27. The van der Waals surface area contributed by atoms with E-state index in [0.717, 1.165) is 26.1 Å². The molecule has 0 aromatic rings. The van der Waals surface area contributed by atoms with Gasteiger partial charge in [-0.25, -0.2) is 0 Å². The molecule has 0 aliphatic rings. The van der Waals surface area contributed by atoms with Crippen molar-refractivity contribution >= 4 is 0 Å². The Morgan fingerprint density at radius 2 is 1.87 bits per heavy atom. The number of nitrogens with zero attached hydrogens (tertiary/aromatic N) is 3. The van der Waals surface area contributed by atoms with Crippen molar-refractivity contribution in [2.45, 2.75) is 18.9 Å². The Morgan fingerprint density at radius 3 is 2.27 bits per heavy atom. The first-order valence-electron chi connectivity index (χ1n) is 5.37. The van der Waals surface area contributed by atoms with Crippen LogP contribution in [0.5, 0.6) is 0 Å². The van der Waals surface area contributed by atoms with Gasteiger partial charge in [0.25, 0.3) is 0 Å². The molecule has 0 heterocycles. The lowest BCUT2D eigenvalue weighted by molar-refractivity contribution is 0.253. The van der Waals surface area contributed by atoms with Crippen molar-refractivity contribution in [1.82, 2.24) is 15.1 Å². The smallest absolute Gasteiger partial charge is 0.116 e. The number of nitrogens with one attached hydrogen (secondary N) is 1. The fourth-order valence-corrected chi connectivity index (χ4v) is 1.45. The topological polar surface area (TPSA) is 42.3 Å². The van der Waals surface area contributed by atoms with E-state index in [2.05, 4.69) is 42.3 Å². The molecule has 0 aliphatic heterocycles. The van der Waals surface area contributed by atoms with E-state index in [-0.39, 0.29) is 0 Å². The molecule has 4 heteroatoms. The van der Waals surface area contributed by atoms with Gasteiger partial charge in [-0.2, -0.15) is 5.26 Å². The van der Waals surface area contributed by atoms with Gasteiger partial charge in [-0.3, -0.25) is 0 Å². The summed E-state index contributed by atoms with van der Waals surface area (Å²) in [7, 11) is 8.04. The van der Waals surface area contributed by atoms with Crippen molar-refractivity contribution in [2.24, 2.45) is 0 Å².